The number of amides is 1. The zero-order valence-corrected chi connectivity index (χ0v) is 14.2. The van der Waals surface area contributed by atoms with Gasteiger partial charge in [-0.2, -0.15) is 0 Å². The van der Waals surface area contributed by atoms with Crippen LogP contribution < -0.4 is 0 Å². The van der Waals surface area contributed by atoms with Gasteiger partial charge in [0.05, 0.1) is 4.92 Å². The standard InChI is InChI=1S/C19H23N3O3/c23-19(15-3-5-18(6-4-15)22(24)25)21-9-7-20(8-10-21)13-17-12-14-1-2-16(17)11-14/h1-6,14,16-17H,7-13H2. The minimum atomic E-state index is -0.447. The first-order chi connectivity index (χ1) is 12.1. The van der Waals surface area contributed by atoms with E-state index in [0.29, 0.717) is 5.56 Å². The number of piperazine rings is 1. The molecule has 1 saturated carbocycles. The number of carbonyl (C=O) groups is 1. The van der Waals surface area contributed by atoms with E-state index in [-0.39, 0.29) is 11.6 Å². The molecule has 6 heteroatoms. The van der Waals surface area contributed by atoms with Crippen LogP contribution in [-0.2, 0) is 0 Å². The first-order valence-electron chi connectivity index (χ1n) is 9.04. The number of benzene rings is 1. The van der Waals surface area contributed by atoms with E-state index in [4.69, 9.17) is 0 Å². The number of carbonyl (C=O) groups excluding carboxylic acids is 1. The second-order valence-corrected chi connectivity index (χ2v) is 7.44. The van der Waals surface area contributed by atoms with Crippen molar-refractivity contribution < 1.29 is 9.72 Å². The fourth-order valence-corrected chi connectivity index (χ4v) is 4.48. The van der Waals surface area contributed by atoms with Crippen molar-refractivity contribution in [2.24, 2.45) is 17.8 Å². The van der Waals surface area contributed by atoms with Crippen molar-refractivity contribution in [3.63, 3.8) is 0 Å². The third kappa shape index (κ3) is 3.31. The predicted octanol–water partition coefficient (Wildman–Crippen LogP) is 2.56. The molecule has 1 amide bonds. The maximum Gasteiger partial charge on any atom is 0.269 e. The molecule has 132 valence electrons. The molecular formula is C19H23N3O3. The summed E-state index contributed by atoms with van der Waals surface area (Å²) < 4.78 is 0. The zero-order valence-electron chi connectivity index (χ0n) is 14.2. The van der Waals surface area contributed by atoms with Crippen LogP contribution in [-0.4, -0.2) is 53.4 Å². The van der Waals surface area contributed by atoms with E-state index in [9.17, 15) is 14.9 Å². The number of fused-ring (bicyclic) bond motifs is 2. The van der Waals surface area contributed by atoms with E-state index in [2.05, 4.69) is 17.1 Å². The molecule has 1 aromatic carbocycles. The Kier molecular flexibility index (Phi) is 4.29. The second-order valence-electron chi connectivity index (χ2n) is 7.44. The van der Waals surface area contributed by atoms with Crippen LogP contribution in [0.5, 0.6) is 0 Å². The van der Waals surface area contributed by atoms with E-state index in [1.165, 1.54) is 25.0 Å². The van der Waals surface area contributed by atoms with Crippen LogP contribution in [0.4, 0.5) is 5.69 Å². The molecule has 0 radical (unpaired) electrons. The van der Waals surface area contributed by atoms with Crippen molar-refractivity contribution >= 4 is 11.6 Å². The van der Waals surface area contributed by atoms with Crippen LogP contribution >= 0.6 is 0 Å². The van der Waals surface area contributed by atoms with Gasteiger partial charge >= 0.3 is 0 Å². The van der Waals surface area contributed by atoms with E-state index in [1.54, 1.807) is 12.1 Å². The van der Waals surface area contributed by atoms with Gasteiger partial charge in [0, 0.05) is 50.4 Å². The normalized spacial score (nSPS) is 28.5. The average molecular weight is 341 g/mol. The Labute approximate surface area is 147 Å². The lowest BCUT2D eigenvalue weighted by Gasteiger charge is -2.37. The highest BCUT2D eigenvalue weighted by atomic mass is 16.6. The highest BCUT2D eigenvalue weighted by Gasteiger charge is 2.36. The maximum absolute atomic E-state index is 12.6. The molecule has 2 bridgehead atoms. The first kappa shape index (κ1) is 16.3. The number of rotatable bonds is 4. The van der Waals surface area contributed by atoms with Crippen LogP contribution in [0.2, 0.25) is 0 Å². The predicted molar refractivity (Wildman–Crippen MR) is 94.3 cm³/mol. The second kappa shape index (κ2) is 6.59. The smallest absolute Gasteiger partial charge is 0.269 e. The minimum absolute atomic E-state index is 0.0151. The zero-order chi connectivity index (χ0) is 17.4. The molecule has 4 rings (SSSR count). The number of hydrogen-bond donors (Lipinski definition) is 0. The van der Waals surface area contributed by atoms with Gasteiger partial charge in [-0.15, -0.1) is 0 Å². The summed E-state index contributed by atoms with van der Waals surface area (Å²) in [5.41, 5.74) is 0.540. The average Bonchev–Trinajstić information content (AvgIpc) is 3.25. The molecule has 3 unspecified atom stereocenters. The Bertz CT molecular complexity index is 692. The Balaban J connectivity index is 1.30. The van der Waals surface area contributed by atoms with E-state index in [0.717, 1.165) is 50.5 Å². The van der Waals surface area contributed by atoms with Gasteiger partial charge in [-0.05, 0) is 42.7 Å². The molecule has 0 spiro atoms. The third-order valence-electron chi connectivity index (χ3n) is 5.89. The van der Waals surface area contributed by atoms with Crippen LogP contribution in [0, 0.1) is 27.9 Å². The van der Waals surface area contributed by atoms with Crippen LogP contribution in [0.15, 0.2) is 36.4 Å². The third-order valence-corrected chi connectivity index (χ3v) is 5.89. The van der Waals surface area contributed by atoms with Gasteiger partial charge in [0.2, 0.25) is 0 Å². The van der Waals surface area contributed by atoms with E-state index in [1.807, 2.05) is 4.90 Å². The lowest BCUT2D eigenvalue weighted by Crippen LogP contribution is -2.50. The summed E-state index contributed by atoms with van der Waals surface area (Å²) in [6.07, 6.45) is 7.43. The van der Waals surface area contributed by atoms with Gasteiger partial charge in [0.25, 0.3) is 11.6 Å². The fraction of sp³-hybridized carbons (Fsp3) is 0.526. The molecule has 1 aromatic rings. The topological polar surface area (TPSA) is 66.7 Å². The molecule has 0 aromatic heterocycles. The SMILES string of the molecule is O=C(c1ccc([N+](=O)[O-])cc1)N1CCN(CC2CC3C=CC2C3)CC1. The molecule has 1 heterocycles. The van der Waals surface area contributed by atoms with Gasteiger partial charge in [0.15, 0.2) is 0 Å². The van der Waals surface area contributed by atoms with Gasteiger partial charge in [-0.3, -0.25) is 19.8 Å². The Hall–Kier alpha value is -2.21. The van der Waals surface area contributed by atoms with Gasteiger partial charge in [0.1, 0.15) is 0 Å². The fourth-order valence-electron chi connectivity index (χ4n) is 4.48. The van der Waals surface area contributed by atoms with Crippen molar-refractivity contribution in [1.29, 1.82) is 0 Å². The lowest BCUT2D eigenvalue weighted by molar-refractivity contribution is -0.384. The summed E-state index contributed by atoms with van der Waals surface area (Å²) in [7, 11) is 0. The maximum atomic E-state index is 12.6. The van der Waals surface area contributed by atoms with Crippen LogP contribution in [0.1, 0.15) is 23.2 Å². The molecule has 3 aliphatic rings. The Morgan fingerprint density at radius 1 is 1.08 bits per heavy atom. The minimum Gasteiger partial charge on any atom is -0.336 e. The summed E-state index contributed by atoms with van der Waals surface area (Å²) in [5.74, 6) is 2.33. The first-order valence-corrected chi connectivity index (χ1v) is 9.04. The molecule has 3 atom stereocenters. The summed E-state index contributed by atoms with van der Waals surface area (Å²) in [4.78, 5) is 27.2. The molecule has 1 saturated heterocycles. The summed E-state index contributed by atoms with van der Waals surface area (Å²) >= 11 is 0. The van der Waals surface area contributed by atoms with Gasteiger partial charge in [-0.25, -0.2) is 0 Å². The van der Waals surface area contributed by atoms with Gasteiger partial charge in [-0.1, -0.05) is 12.2 Å². The molecule has 2 aliphatic carbocycles. The summed E-state index contributed by atoms with van der Waals surface area (Å²) in [6, 6.07) is 5.89. The number of non-ortho nitro benzene ring substituents is 1. The number of nitrogens with zero attached hydrogens (tertiary/aromatic N) is 3. The highest BCUT2D eigenvalue weighted by molar-refractivity contribution is 5.94. The van der Waals surface area contributed by atoms with Crippen LogP contribution in [0.25, 0.3) is 0 Å². The Morgan fingerprint density at radius 3 is 2.36 bits per heavy atom. The molecule has 0 N–H and O–H groups in total. The number of nitro groups is 1. The molecule has 1 aliphatic heterocycles. The van der Waals surface area contributed by atoms with Gasteiger partial charge < -0.3 is 4.90 Å². The van der Waals surface area contributed by atoms with Crippen molar-refractivity contribution in [2.75, 3.05) is 32.7 Å². The highest BCUT2D eigenvalue weighted by Crippen LogP contribution is 2.43. The molecule has 6 nitrogen and oxygen atoms in total. The quantitative estimate of drug-likeness (QED) is 0.480. The van der Waals surface area contributed by atoms with Crippen molar-refractivity contribution in [1.82, 2.24) is 9.80 Å². The molecule has 25 heavy (non-hydrogen) atoms. The van der Waals surface area contributed by atoms with E-state index >= 15 is 0 Å². The summed E-state index contributed by atoms with van der Waals surface area (Å²) in [5, 5.41) is 10.7. The number of hydrogen-bond acceptors (Lipinski definition) is 4. The van der Waals surface area contributed by atoms with Crippen molar-refractivity contribution in [3.8, 4) is 0 Å². The monoisotopic (exact) mass is 341 g/mol. The van der Waals surface area contributed by atoms with Crippen LogP contribution in [0.3, 0.4) is 0 Å². The summed E-state index contributed by atoms with van der Waals surface area (Å²) in [6.45, 7) is 4.43. The Morgan fingerprint density at radius 2 is 1.80 bits per heavy atom. The van der Waals surface area contributed by atoms with Crippen molar-refractivity contribution in [2.45, 2.75) is 12.8 Å². The number of allylic oxidation sites excluding steroid dienone is 2. The van der Waals surface area contributed by atoms with Crippen molar-refractivity contribution in [3.05, 3.63) is 52.1 Å². The lowest BCUT2D eigenvalue weighted by atomic mass is 9.93. The number of nitro benzene ring substituents is 1. The molecule has 2 fully saturated rings. The molecular weight excluding hydrogens is 318 g/mol. The van der Waals surface area contributed by atoms with E-state index < -0.39 is 4.92 Å². The largest absolute Gasteiger partial charge is 0.336 e.